The van der Waals surface area contributed by atoms with E-state index in [-0.39, 0.29) is 0 Å². The van der Waals surface area contributed by atoms with Crippen LogP contribution >= 0.6 is 23.2 Å². The Kier molecular flexibility index (Phi) is 2.66. The highest BCUT2D eigenvalue weighted by molar-refractivity contribution is 6.31. The van der Waals surface area contributed by atoms with Gasteiger partial charge in [0.15, 0.2) is 5.82 Å². The lowest BCUT2D eigenvalue weighted by Crippen LogP contribution is -1.87. The first-order valence-electron chi connectivity index (χ1n) is 4.00. The van der Waals surface area contributed by atoms with Gasteiger partial charge in [0.05, 0.1) is 0 Å². The van der Waals surface area contributed by atoms with Gasteiger partial charge in [0.1, 0.15) is 5.15 Å². The van der Waals surface area contributed by atoms with Crippen molar-refractivity contribution in [1.29, 1.82) is 0 Å². The minimum Gasteiger partial charge on any atom is -0.236 e. The van der Waals surface area contributed by atoms with E-state index in [1.54, 1.807) is 24.4 Å². The van der Waals surface area contributed by atoms with E-state index in [4.69, 9.17) is 23.2 Å². The topological polar surface area (TPSA) is 25.8 Å². The number of hydrogen-bond acceptors (Lipinski definition) is 2. The summed E-state index contributed by atoms with van der Waals surface area (Å²) in [6.07, 6.45) is 1.62. The van der Waals surface area contributed by atoms with E-state index in [0.717, 1.165) is 5.56 Å². The van der Waals surface area contributed by atoms with Crippen LogP contribution in [0.25, 0.3) is 11.4 Å². The third-order valence-corrected chi connectivity index (χ3v) is 2.15. The van der Waals surface area contributed by atoms with Gasteiger partial charge in [-0.1, -0.05) is 35.3 Å². The molecule has 0 saturated heterocycles. The van der Waals surface area contributed by atoms with E-state index in [2.05, 4.69) is 9.97 Å². The summed E-state index contributed by atoms with van der Waals surface area (Å²) >= 11 is 11.6. The summed E-state index contributed by atoms with van der Waals surface area (Å²) < 4.78 is 0. The molecule has 0 spiro atoms. The number of rotatable bonds is 1. The molecule has 0 saturated carbocycles. The molecule has 2 rings (SSSR count). The molecule has 2 nitrogen and oxygen atoms in total. The van der Waals surface area contributed by atoms with Gasteiger partial charge in [-0.15, -0.1) is 0 Å². The van der Waals surface area contributed by atoms with Gasteiger partial charge in [0, 0.05) is 16.8 Å². The average Bonchev–Trinajstić information content (AvgIpc) is 2.18. The maximum absolute atomic E-state index is 5.85. The van der Waals surface area contributed by atoms with Crippen molar-refractivity contribution in [2.24, 2.45) is 0 Å². The Morgan fingerprint density at radius 3 is 2.64 bits per heavy atom. The fourth-order valence-electron chi connectivity index (χ4n) is 1.10. The van der Waals surface area contributed by atoms with Gasteiger partial charge >= 0.3 is 0 Å². The summed E-state index contributed by atoms with van der Waals surface area (Å²) in [5, 5.41) is 1.08. The Balaban J connectivity index is 2.49. The predicted octanol–water partition coefficient (Wildman–Crippen LogP) is 3.45. The molecular weight excluding hydrogens is 219 g/mol. The van der Waals surface area contributed by atoms with Crippen molar-refractivity contribution >= 4 is 23.2 Å². The van der Waals surface area contributed by atoms with Gasteiger partial charge < -0.3 is 0 Å². The average molecular weight is 225 g/mol. The van der Waals surface area contributed by atoms with Crippen molar-refractivity contribution < 1.29 is 0 Å². The first-order chi connectivity index (χ1) is 6.75. The molecule has 0 radical (unpaired) electrons. The van der Waals surface area contributed by atoms with Gasteiger partial charge in [-0.25, -0.2) is 9.97 Å². The van der Waals surface area contributed by atoms with Crippen molar-refractivity contribution in [2.75, 3.05) is 0 Å². The summed E-state index contributed by atoms with van der Waals surface area (Å²) in [5.41, 5.74) is 0.861. The number of halogens is 2. The van der Waals surface area contributed by atoms with Crippen LogP contribution in [0.5, 0.6) is 0 Å². The van der Waals surface area contributed by atoms with Crippen molar-refractivity contribution in [3.8, 4) is 11.4 Å². The van der Waals surface area contributed by atoms with Crippen LogP contribution in [0.3, 0.4) is 0 Å². The quantitative estimate of drug-likeness (QED) is 0.694. The fourth-order valence-corrected chi connectivity index (χ4v) is 1.43. The minimum absolute atomic E-state index is 0.426. The van der Waals surface area contributed by atoms with E-state index in [0.29, 0.717) is 16.0 Å². The summed E-state index contributed by atoms with van der Waals surface area (Å²) in [7, 11) is 0. The van der Waals surface area contributed by atoms with Crippen molar-refractivity contribution in [1.82, 2.24) is 9.97 Å². The van der Waals surface area contributed by atoms with E-state index < -0.39 is 0 Å². The predicted molar refractivity (Wildman–Crippen MR) is 57.5 cm³/mol. The number of hydrogen-bond donors (Lipinski definition) is 0. The highest BCUT2D eigenvalue weighted by Gasteiger charge is 2.01. The van der Waals surface area contributed by atoms with Crippen molar-refractivity contribution in [3.05, 3.63) is 46.7 Å². The SMILES string of the molecule is Clc1cccc(-c2nccc(Cl)n2)c1. The lowest BCUT2D eigenvalue weighted by Gasteiger charge is -1.99. The van der Waals surface area contributed by atoms with E-state index >= 15 is 0 Å². The smallest absolute Gasteiger partial charge is 0.160 e. The molecule has 0 aliphatic carbocycles. The van der Waals surface area contributed by atoms with Crippen LogP contribution in [-0.4, -0.2) is 9.97 Å². The molecule has 1 aromatic carbocycles. The first-order valence-corrected chi connectivity index (χ1v) is 4.76. The van der Waals surface area contributed by atoms with Crippen LogP contribution in [0, 0.1) is 0 Å². The monoisotopic (exact) mass is 224 g/mol. The van der Waals surface area contributed by atoms with Crippen molar-refractivity contribution in [3.63, 3.8) is 0 Å². The molecule has 4 heteroatoms. The van der Waals surface area contributed by atoms with E-state index in [1.807, 2.05) is 12.1 Å². The molecular formula is C10H6Cl2N2. The molecule has 0 N–H and O–H groups in total. The van der Waals surface area contributed by atoms with Gasteiger partial charge in [-0.3, -0.25) is 0 Å². The number of benzene rings is 1. The number of aromatic nitrogens is 2. The Bertz CT molecular complexity index is 414. The van der Waals surface area contributed by atoms with Crippen molar-refractivity contribution in [2.45, 2.75) is 0 Å². The minimum atomic E-state index is 0.426. The zero-order valence-electron chi connectivity index (χ0n) is 7.11. The van der Waals surface area contributed by atoms with Crippen LogP contribution in [0.2, 0.25) is 10.2 Å². The third kappa shape index (κ3) is 2.03. The van der Waals surface area contributed by atoms with Crippen LogP contribution in [0.15, 0.2) is 36.5 Å². The van der Waals surface area contributed by atoms with E-state index in [1.165, 1.54) is 0 Å². The second-order valence-corrected chi connectivity index (χ2v) is 3.54. The van der Waals surface area contributed by atoms with Crippen LogP contribution in [0.1, 0.15) is 0 Å². The second-order valence-electron chi connectivity index (χ2n) is 2.71. The molecule has 0 aliphatic rings. The van der Waals surface area contributed by atoms with Gasteiger partial charge in [0.25, 0.3) is 0 Å². The Hall–Kier alpha value is -1.12. The molecule has 0 bridgehead atoms. The zero-order chi connectivity index (χ0) is 9.97. The standard InChI is InChI=1S/C10H6Cl2N2/c11-8-3-1-2-7(6-8)10-13-5-4-9(12)14-10/h1-6H. The van der Waals surface area contributed by atoms with Crippen LogP contribution in [-0.2, 0) is 0 Å². The Morgan fingerprint density at radius 2 is 1.93 bits per heavy atom. The lowest BCUT2D eigenvalue weighted by molar-refractivity contribution is 1.18. The maximum Gasteiger partial charge on any atom is 0.160 e. The van der Waals surface area contributed by atoms with Gasteiger partial charge in [0.2, 0.25) is 0 Å². The molecule has 1 heterocycles. The number of nitrogens with zero attached hydrogens (tertiary/aromatic N) is 2. The molecule has 1 aromatic heterocycles. The van der Waals surface area contributed by atoms with Gasteiger partial charge in [-0.2, -0.15) is 0 Å². The molecule has 0 unspecified atom stereocenters. The van der Waals surface area contributed by atoms with E-state index in [9.17, 15) is 0 Å². The molecule has 70 valence electrons. The highest BCUT2D eigenvalue weighted by Crippen LogP contribution is 2.19. The van der Waals surface area contributed by atoms with Crippen LogP contribution < -0.4 is 0 Å². The largest absolute Gasteiger partial charge is 0.236 e. The highest BCUT2D eigenvalue weighted by atomic mass is 35.5. The van der Waals surface area contributed by atoms with Gasteiger partial charge in [-0.05, 0) is 18.2 Å². The third-order valence-electron chi connectivity index (χ3n) is 1.70. The first kappa shape index (κ1) is 9.44. The summed E-state index contributed by atoms with van der Waals surface area (Å²) in [4.78, 5) is 8.18. The molecule has 2 aromatic rings. The molecule has 14 heavy (non-hydrogen) atoms. The molecule has 0 fully saturated rings. The summed E-state index contributed by atoms with van der Waals surface area (Å²) in [6, 6.07) is 8.97. The zero-order valence-corrected chi connectivity index (χ0v) is 8.63. The Labute approximate surface area is 91.5 Å². The summed E-state index contributed by atoms with van der Waals surface area (Å²) in [5.74, 6) is 0.583. The molecule has 0 aliphatic heterocycles. The molecule has 0 atom stereocenters. The Morgan fingerprint density at radius 1 is 1.07 bits per heavy atom. The van der Waals surface area contributed by atoms with Crippen LogP contribution in [0.4, 0.5) is 0 Å². The molecule has 0 amide bonds. The summed E-state index contributed by atoms with van der Waals surface area (Å²) in [6.45, 7) is 0. The maximum atomic E-state index is 5.85. The fraction of sp³-hybridized carbons (Fsp3) is 0. The normalized spacial score (nSPS) is 10.1. The lowest BCUT2D eigenvalue weighted by atomic mass is 10.2. The second kappa shape index (κ2) is 3.95.